The fourth-order valence-electron chi connectivity index (χ4n) is 3.56. The fourth-order valence-corrected chi connectivity index (χ4v) is 3.56. The van der Waals surface area contributed by atoms with E-state index in [2.05, 4.69) is 11.2 Å². The molecule has 0 radical (unpaired) electrons. The maximum absolute atomic E-state index is 13.0. The van der Waals surface area contributed by atoms with Crippen LogP contribution in [0.4, 0.5) is 5.69 Å². The van der Waals surface area contributed by atoms with Gasteiger partial charge in [0.1, 0.15) is 6.10 Å². The molecule has 5 nitrogen and oxygen atoms in total. The fraction of sp³-hybridized carbons (Fsp3) is 0.412. The number of carbonyl (C=O) groups is 1. The van der Waals surface area contributed by atoms with E-state index in [1.807, 2.05) is 36.2 Å². The normalized spacial score (nSPS) is 23.8. The lowest BCUT2D eigenvalue weighted by atomic mass is 9.97. The molecule has 2 atom stereocenters. The Kier molecular flexibility index (Phi) is 3.22. The maximum atomic E-state index is 13.0. The van der Waals surface area contributed by atoms with Crippen LogP contribution in [-0.4, -0.2) is 28.8 Å². The van der Waals surface area contributed by atoms with Crippen molar-refractivity contribution in [3.63, 3.8) is 0 Å². The molecular weight excluding hydrogens is 278 g/mol. The van der Waals surface area contributed by atoms with E-state index in [0.29, 0.717) is 6.61 Å². The van der Waals surface area contributed by atoms with Crippen molar-refractivity contribution in [2.75, 3.05) is 18.1 Å². The van der Waals surface area contributed by atoms with Crippen LogP contribution in [0, 0.1) is 5.92 Å². The minimum Gasteiger partial charge on any atom is -0.371 e. The van der Waals surface area contributed by atoms with Crippen molar-refractivity contribution in [3.8, 4) is 0 Å². The summed E-state index contributed by atoms with van der Waals surface area (Å²) in [6, 6.07) is 10.1. The molecule has 1 saturated heterocycles. The number of hydrogen-bond acceptors (Lipinski definition) is 3. The average molecular weight is 297 g/mol. The Morgan fingerprint density at radius 1 is 1.32 bits per heavy atom. The third-order valence-electron chi connectivity index (χ3n) is 4.71. The third-order valence-corrected chi connectivity index (χ3v) is 4.71. The summed E-state index contributed by atoms with van der Waals surface area (Å²) in [4.78, 5) is 15.0. The van der Waals surface area contributed by atoms with Gasteiger partial charge in [0.15, 0.2) is 0 Å². The van der Waals surface area contributed by atoms with Crippen LogP contribution in [0.25, 0.3) is 0 Å². The highest BCUT2D eigenvalue weighted by Gasteiger charge is 2.40. The Hall–Kier alpha value is -2.14. The van der Waals surface area contributed by atoms with Crippen molar-refractivity contribution in [1.82, 2.24) is 9.78 Å². The molecule has 1 amide bonds. The van der Waals surface area contributed by atoms with Crippen molar-refractivity contribution in [1.29, 1.82) is 0 Å². The summed E-state index contributed by atoms with van der Waals surface area (Å²) in [6.07, 6.45) is 3.27. The summed E-state index contributed by atoms with van der Waals surface area (Å²) in [7, 11) is 1.89. The number of benzene rings is 1. The zero-order chi connectivity index (χ0) is 15.1. The van der Waals surface area contributed by atoms with Gasteiger partial charge in [-0.3, -0.25) is 9.48 Å². The van der Waals surface area contributed by atoms with Gasteiger partial charge in [0, 0.05) is 32.1 Å². The Labute approximate surface area is 129 Å². The highest BCUT2D eigenvalue weighted by Crippen LogP contribution is 2.38. The second-order valence-corrected chi connectivity index (χ2v) is 5.93. The number of aryl methyl sites for hydroxylation is 1. The number of rotatable bonds is 2. The number of amides is 1. The lowest BCUT2D eigenvalue weighted by Crippen LogP contribution is -2.36. The number of aromatic nitrogens is 2. The van der Waals surface area contributed by atoms with Crippen LogP contribution in [0.5, 0.6) is 0 Å². The van der Waals surface area contributed by atoms with Crippen LogP contribution in [0.15, 0.2) is 36.5 Å². The molecule has 2 aliphatic heterocycles. The Morgan fingerprint density at radius 2 is 2.18 bits per heavy atom. The van der Waals surface area contributed by atoms with Crippen LogP contribution in [-0.2, 0) is 23.0 Å². The molecule has 0 spiro atoms. The first kappa shape index (κ1) is 13.5. The molecule has 1 fully saturated rings. The van der Waals surface area contributed by atoms with Crippen LogP contribution in [0.1, 0.15) is 23.8 Å². The van der Waals surface area contributed by atoms with Crippen LogP contribution >= 0.6 is 0 Å². The molecule has 3 heterocycles. The van der Waals surface area contributed by atoms with E-state index in [0.717, 1.165) is 30.8 Å². The van der Waals surface area contributed by atoms with E-state index in [4.69, 9.17) is 4.74 Å². The van der Waals surface area contributed by atoms with Gasteiger partial charge in [-0.2, -0.15) is 5.10 Å². The van der Waals surface area contributed by atoms with E-state index < -0.39 is 0 Å². The summed E-state index contributed by atoms with van der Waals surface area (Å²) in [5.74, 6) is 0.0511. The molecule has 0 saturated carbocycles. The monoisotopic (exact) mass is 297 g/mol. The van der Waals surface area contributed by atoms with Gasteiger partial charge in [0.2, 0.25) is 5.91 Å². The van der Waals surface area contributed by atoms with Crippen molar-refractivity contribution >= 4 is 11.6 Å². The first-order chi connectivity index (χ1) is 10.8. The lowest BCUT2D eigenvalue weighted by molar-refractivity contribution is -0.124. The van der Waals surface area contributed by atoms with Crippen LogP contribution in [0.2, 0.25) is 0 Å². The smallest absolute Gasteiger partial charge is 0.233 e. The second kappa shape index (κ2) is 5.25. The number of hydrogen-bond donors (Lipinski definition) is 0. The van der Waals surface area contributed by atoms with Crippen LogP contribution in [0.3, 0.4) is 0 Å². The average Bonchev–Trinajstić information content (AvgIpc) is 3.24. The highest BCUT2D eigenvalue weighted by molar-refractivity contribution is 5.97. The van der Waals surface area contributed by atoms with E-state index in [1.165, 1.54) is 5.56 Å². The second-order valence-electron chi connectivity index (χ2n) is 5.93. The number of carbonyl (C=O) groups excluding carboxylic acids is 1. The molecular formula is C17H19N3O2. The molecule has 2 aliphatic rings. The standard InChI is InChI=1S/C17H19N3O2/c1-19-15(6-9-18-19)16-13(8-11-22-16)17(21)20-10-7-12-4-2-3-5-14(12)20/h2-6,9,13,16H,7-8,10-11H2,1H3/t13-,16-/m1/s1. The van der Waals surface area contributed by atoms with Gasteiger partial charge < -0.3 is 9.64 Å². The van der Waals surface area contributed by atoms with Gasteiger partial charge in [-0.05, 0) is 30.5 Å². The predicted molar refractivity (Wildman–Crippen MR) is 82.5 cm³/mol. The summed E-state index contributed by atoms with van der Waals surface area (Å²) in [6.45, 7) is 1.40. The molecule has 4 rings (SSSR count). The molecule has 22 heavy (non-hydrogen) atoms. The number of nitrogens with zero attached hydrogens (tertiary/aromatic N) is 3. The minimum absolute atomic E-state index is 0.124. The predicted octanol–water partition coefficient (Wildman–Crippen LogP) is 2.09. The molecule has 1 aromatic heterocycles. The molecule has 0 unspecified atom stereocenters. The van der Waals surface area contributed by atoms with Gasteiger partial charge in [-0.25, -0.2) is 0 Å². The number of para-hydroxylation sites is 1. The first-order valence-corrected chi connectivity index (χ1v) is 7.74. The Balaban J connectivity index is 1.62. The van der Waals surface area contributed by atoms with Crippen LogP contribution < -0.4 is 4.90 Å². The molecule has 0 N–H and O–H groups in total. The summed E-state index contributed by atoms with van der Waals surface area (Å²) >= 11 is 0. The van der Waals surface area contributed by atoms with Gasteiger partial charge in [-0.15, -0.1) is 0 Å². The molecule has 114 valence electrons. The molecule has 1 aromatic carbocycles. The van der Waals surface area contributed by atoms with Crippen molar-refractivity contribution in [2.24, 2.45) is 13.0 Å². The topological polar surface area (TPSA) is 47.4 Å². The van der Waals surface area contributed by atoms with E-state index in [9.17, 15) is 4.79 Å². The number of ether oxygens (including phenoxy) is 1. The molecule has 5 heteroatoms. The molecule has 0 aliphatic carbocycles. The van der Waals surface area contributed by atoms with Gasteiger partial charge >= 0.3 is 0 Å². The van der Waals surface area contributed by atoms with Crippen molar-refractivity contribution in [3.05, 3.63) is 47.8 Å². The lowest BCUT2D eigenvalue weighted by Gasteiger charge is -2.24. The zero-order valence-corrected chi connectivity index (χ0v) is 12.6. The van der Waals surface area contributed by atoms with Gasteiger partial charge in [0.25, 0.3) is 0 Å². The highest BCUT2D eigenvalue weighted by atomic mass is 16.5. The van der Waals surface area contributed by atoms with E-state index >= 15 is 0 Å². The summed E-state index contributed by atoms with van der Waals surface area (Å²) in [5, 5.41) is 4.20. The third kappa shape index (κ3) is 2.04. The van der Waals surface area contributed by atoms with Gasteiger partial charge in [0.05, 0.1) is 11.6 Å². The maximum Gasteiger partial charge on any atom is 0.233 e. The van der Waals surface area contributed by atoms with Gasteiger partial charge in [-0.1, -0.05) is 18.2 Å². The quantitative estimate of drug-likeness (QED) is 0.852. The Bertz CT molecular complexity index is 709. The largest absolute Gasteiger partial charge is 0.371 e. The number of fused-ring (bicyclic) bond motifs is 1. The van der Waals surface area contributed by atoms with E-state index in [-0.39, 0.29) is 17.9 Å². The van der Waals surface area contributed by atoms with E-state index in [1.54, 1.807) is 10.9 Å². The SMILES string of the molecule is Cn1nccc1[C@@H]1OCC[C@H]1C(=O)N1CCc2ccccc21. The van der Waals surface area contributed by atoms with Crippen molar-refractivity contribution < 1.29 is 9.53 Å². The molecule has 0 bridgehead atoms. The zero-order valence-electron chi connectivity index (χ0n) is 12.6. The Morgan fingerprint density at radius 3 is 3.00 bits per heavy atom. The summed E-state index contributed by atoms with van der Waals surface area (Å²) in [5.41, 5.74) is 3.29. The minimum atomic E-state index is -0.187. The number of anilines is 1. The molecule has 2 aromatic rings. The summed E-state index contributed by atoms with van der Waals surface area (Å²) < 4.78 is 7.65. The first-order valence-electron chi connectivity index (χ1n) is 7.74. The van der Waals surface area contributed by atoms with Crippen molar-refractivity contribution in [2.45, 2.75) is 18.9 Å².